The molecule has 1 N–H and O–H groups in total. The van der Waals surface area contributed by atoms with Crippen molar-refractivity contribution in [3.8, 4) is 0 Å². The average molecular weight is 348 g/mol. The van der Waals surface area contributed by atoms with Crippen molar-refractivity contribution < 1.29 is 14.7 Å². The monoisotopic (exact) mass is 347 g/mol. The van der Waals surface area contributed by atoms with E-state index in [0.29, 0.717) is 23.7 Å². The van der Waals surface area contributed by atoms with Gasteiger partial charge in [-0.3, -0.25) is 9.48 Å². The summed E-state index contributed by atoms with van der Waals surface area (Å²) in [6.07, 6.45) is 4.36. The third kappa shape index (κ3) is 3.14. The Balaban J connectivity index is 1.67. The van der Waals surface area contributed by atoms with Crippen LogP contribution in [0.4, 0.5) is 0 Å². The van der Waals surface area contributed by atoms with Gasteiger partial charge in [0.15, 0.2) is 0 Å². The van der Waals surface area contributed by atoms with Gasteiger partial charge in [-0.2, -0.15) is 5.10 Å². The largest absolute Gasteiger partial charge is 0.478 e. The fourth-order valence-electron chi connectivity index (χ4n) is 2.96. The fourth-order valence-corrected chi connectivity index (χ4v) is 3.17. The molecular weight excluding hydrogens is 330 g/mol. The molecule has 1 aliphatic rings. The minimum Gasteiger partial charge on any atom is -0.478 e. The first-order valence-electron chi connectivity index (χ1n) is 7.79. The van der Waals surface area contributed by atoms with Crippen LogP contribution in [-0.2, 0) is 0 Å². The molecule has 1 fully saturated rings. The van der Waals surface area contributed by atoms with Gasteiger partial charge < -0.3 is 10.0 Å². The Morgan fingerprint density at radius 2 is 2.00 bits per heavy atom. The molecule has 1 aliphatic heterocycles. The number of carbonyl (C=O) groups excluding carboxylic acids is 1. The molecule has 0 unspecified atom stereocenters. The van der Waals surface area contributed by atoms with E-state index in [1.165, 1.54) is 6.20 Å². The van der Waals surface area contributed by atoms with Crippen LogP contribution in [0.15, 0.2) is 30.6 Å². The van der Waals surface area contributed by atoms with Gasteiger partial charge in [0.25, 0.3) is 5.91 Å². The lowest BCUT2D eigenvalue weighted by atomic mass is 10.0. The maximum absolute atomic E-state index is 12.7. The normalized spacial score (nSPS) is 15.5. The van der Waals surface area contributed by atoms with Gasteiger partial charge in [0, 0.05) is 19.3 Å². The van der Waals surface area contributed by atoms with Crippen LogP contribution in [0.1, 0.15) is 45.2 Å². The predicted molar refractivity (Wildman–Crippen MR) is 89.5 cm³/mol. The number of aromatic carboxylic acids is 1. The molecule has 7 heteroatoms. The number of aromatic nitrogens is 2. The molecule has 0 radical (unpaired) electrons. The summed E-state index contributed by atoms with van der Waals surface area (Å²) >= 11 is 6.25. The van der Waals surface area contributed by atoms with Crippen molar-refractivity contribution in [2.45, 2.75) is 25.8 Å². The van der Waals surface area contributed by atoms with Crippen molar-refractivity contribution in [2.24, 2.45) is 0 Å². The third-order valence-electron chi connectivity index (χ3n) is 4.40. The maximum Gasteiger partial charge on any atom is 0.338 e. The highest BCUT2D eigenvalue weighted by atomic mass is 35.5. The van der Waals surface area contributed by atoms with Gasteiger partial charge in [0.05, 0.1) is 28.4 Å². The number of hydrogen-bond donors (Lipinski definition) is 1. The molecule has 2 heterocycles. The number of piperidine rings is 1. The van der Waals surface area contributed by atoms with Crippen LogP contribution in [-0.4, -0.2) is 44.8 Å². The molecule has 1 amide bonds. The molecule has 0 aliphatic carbocycles. The number of likely N-dealkylation sites (tertiary alicyclic amines) is 1. The zero-order chi connectivity index (χ0) is 17.3. The second kappa shape index (κ2) is 6.65. The van der Waals surface area contributed by atoms with Crippen molar-refractivity contribution in [1.82, 2.24) is 14.7 Å². The van der Waals surface area contributed by atoms with Gasteiger partial charge >= 0.3 is 5.97 Å². The zero-order valence-electron chi connectivity index (χ0n) is 13.3. The molecule has 24 heavy (non-hydrogen) atoms. The smallest absolute Gasteiger partial charge is 0.338 e. The average Bonchev–Trinajstić information content (AvgIpc) is 3.07. The summed E-state index contributed by atoms with van der Waals surface area (Å²) in [7, 11) is 0. The molecule has 126 valence electrons. The molecular formula is C17H18ClN3O3. The molecule has 1 aromatic heterocycles. The molecule has 3 rings (SSSR count). The summed E-state index contributed by atoms with van der Waals surface area (Å²) in [6.45, 7) is 3.06. The number of halogens is 1. The van der Waals surface area contributed by atoms with Gasteiger partial charge in [0.2, 0.25) is 0 Å². The van der Waals surface area contributed by atoms with Crippen molar-refractivity contribution in [2.75, 3.05) is 13.1 Å². The number of carboxylic acids is 1. The van der Waals surface area contributed by atoms with Gasteiger partial charge in [-0.15, -0.1) is 0 Å². The van der Waals surface area contributed by atoms with Gasteiger partial charge in [-0.05, 0) is 31.4 Å². The summed E-state index contributed by atoms with van der Waals surface area (Å²) in [6, 6.07) is 5.56. The van der Waals surface area contributed by atoms with E-state index in [2.05, 4.69) is 5.10 Å². The van der Waals surface area contributed by atoms with E-state index in [0.717, 1.165) is 18.4 Å². The summed E-state index contributed by atoms with van der Waals surface area (Å²) < 4.78 is 1.69. The topological polar surface area (TPSA) is 75.4 Å². The lowest BCUT2D eigenvalue weighted by molar-refractivity contribution is 0.0688. The second-order valence-electron chi connectivity index (χ2n) is 5.97. The van der Waals surface area contributed by atoms with Crippen molar-refractivity contribution in [3.63, 3.8) is 0 Å². The molecule has 0 bridgehead atoms. The van der Waals surface area contributed by atoms with E-state index in [4.69, 9.17) is 16.7 Å². The highest BCUT2D eigenvalue weighted by Crippen LogP contribution is 2.26. The number of benzene rings is 1. The molecule has 0 saturated carbocycles. The Morgan fingerprint density at radius 3 is 2.62 bits per heavy atom. The van der Waals surface area contributed by atoms with Crippen molar-refractivity contribution in [3.05, 3.63) is 52.3 Å². The highest BCUT2D eigenvalue weighted by molar-refractivity contribution is 6.34. The minimum atomic E-state index is -0.983. The van der Waals surface area contributed by atoms with Crippen LogP contribution < -0.4 is 0 Å². The predicted octanol–water partition coefficient (Wildman–Crippen LogP) is 3.02. The van der Waals surface area contributed by atoms with Crippen molar-refractivity contribution >= 4 is 23.5 Å². The molecule has 2 aromatic rings. The number of aryl methyl sites for hydroxylation is 1. The van der Waals surface area contributed by atoms with Gasteiger partial charge in [-0.1, -0.05) is 23.7 Å². The third-order valence-corrected chi connectivity index (χ3v) is 4.90. The standard InChI is InChI=1S/C17H18ClN3O3/c1-11-3-2-4-14(15(11)18)16(22)20-7-5-13(6-8-20)21-10-12(9-19-21)17(23)24/h2-4,9-10,13H,5-8H2,1H3,(H,23,24). The maximum atomic E-state index is 12.7. The van der Waals surface area contributed by atoms with E-state index in [9.17, 15) is 9.59 Å². The summed E-state index contributed by atoms with van der Waals surface area (Å²) in [5, 5.41) is 13.6. The summed E-state index contributed by atoms with van der Waals surface area (Å²) in [5.41, 5.74) is 1.59. The molecule has 0 atom stereocenters. The number of carbonyl (C=O) groups is 2. The van der Waals surface area contributed by atoms with E-state index >= 15 is 0 Å². The molecule has 6 nitrogen and oxygen atoms in total. The SMILES string of the molecule is Cc1cccc(C(=O)N2CCC(n3cc(C(=O)O)cn3)CC2)c1Cl. The van der Waals surface area contributed by atoms with Crippen LogP contribution >= 0.6 is 11.6 Å². The van der Waals surface area contributed by atoms with Crippen LogP contribution in [0, 0.1) is 6.92 Å². The van der Waals surface area contributed by atoms with Gasteiger partial charge in [0.1, 0.15) is 0 Å². The summed E-state index contributed by atoms with van der Waals surface area (Å²) in [5.74, 6) is -1.04. The second-order valence-corrected chi connectivity index (χ2v) is 6.35. The lowest BCUT2D eigenvalue weighted by Gasteiger charge is -2.32. The number of nitrogens with zero attached hydrogens (tertiary/aromatic N) is 3. The van der Waals surface area contributed by atoms with E-state index in [-0.39, 0.29) is 17.5 Å². The van der Waals surface area contributed by atoms with E-state index < -0.39 is 5.97 Å². The van der Waals surface area contributed by atoms with Gasteiger partial charge in [-0.25, -0.2) is 4.79 Å². The molecule has 1 aromatic carbocycles. The highest BCUT2D eigenvalue weighted by Gasteiger charge is 2.26. The number of amides is 1. The Labute approximate surface area is 144 Å². The number of hydrogen-bond acceptors (Lipinski definition) is 3. The Bertz CT molecular complexity index is 779. The zero-order valence-corrected chi connectivity index (χ0v) is 14.0. The van der Waals surface area contributed by atoms with Crippen LogP contribution in [0.3, 0.4) is 0 Å². The van der Waals surface area contributed by atoms with Crippen molar-refractivity contribution in [1.29, 1.82) is 0 Å². The first-order chi connectivity index (χ1) is 11.5. The van der Waals surface area contributed by atoms with E-state index in [1.54, 1.807) is 21.8 Å². The van der Waals surface area contributed by atoms with Crippen LogP contribution in [0.25, 0.3) is 0 Å². The first kappa shape index (κ1) is 16.5. The Morgan fingerprint density at radius 1 is 1.29 bits per heavy atom. The molecule has 1 saturated heterocycles. The summed E-state index contributed by atoms with van der Waals surface area (Å²) in [4.78, 5) is 25.4. The van der Waals surface area contributed by atoms with E-state index in [1.807, 2.05) is 19.1 Å². The minimum absolute atomic E-state index is 0.0613. The Kier molecular flexibility index (Phi) is 4.57. The Hall–Kier alpha value is -2.34. The quantitative estimate of drug-likeness (QED) is 0.926. The van der Waals surface area contributed by atoms with Crippen LogP contribution in [0.2, 0.25) is 5.02 Å². The lowest BCUT2D eigenvalue weighted by Crippen LogP contribution is -2.39. The van der Waals surface area contributed by atoms with Crippen LogP contribution in [0.5, 0.6) is 0 Å². The number of rotatable bonds is 3. The first-order valence-corrected chi connectivity index (χ1v) is 8.17. The fraction of sp³-hybridized carbons (Fsp3) is 0.353. The molecule has 0 spiro atoms. The number of carboxylic acid groups (broad SMARTS) is 1.